The molecule has 18 heavy (non-hydrogen) atoms. The van der Waals surface area contributed by atoms with Gasteiger partial charge in [-0.25, -0.2) is 0 Å². The van der Waals surface area contributed by atoms with Crippen molar-refractivity contribution in [1.29, 1.82) is 0 Å². The topological polar surface area (TPSA) is 60.7 Å². The molecule has 3 N–H and O–H groups in total. The minimum atomic E-state index is 0.00711. The first-order chi connectivity index (χ1) is 8.63. The zero-order valence-electron chi connectivity index (χ0n) is 9.54. The lowest BCUT2D eigenvalue weighted by Crippen LogP contribution is -1.72. The molecule has 0 aliphatic heterocycles. The number of rotatable bonds is 2. The molecule has 0 atom stereocenters. The number of phenols is 3. The first-order valence-corrected chi connectivity index (χ1v) is 5.38. The van der Waals surface area contributed by atoms with Crippen molar-refractivity contribution in [3.8, 4) is 17.2 Å². The second kappa shape index (κ2) is 5.13. The maximum Gasteiger partial charge on any atom is 0.119 e. The quantitative estimate of drug-likeness (QED) is 0.707. The van der Waals surface area contributed by atoms with Gasteiger partial charge in [0.1, 0.15) is 17.2 Å². The Kier molecular flexibility index (Phi) is 3.37. The number of aromatic hydroxyl groups is 3. The van der Waals surface area contributed by atoms with Crippen LogP contribution in [0, 0.1) is 0 Å². The molecule has 0 saturated heterocycles. The van der Waals surface area contributed by atoms with Gasteiger partial charge in [-0.15, -0.1) is 5.73 Å². The van der Waals surface area contributed by atoms with Crippen molar-refractivity contribution < 1.29 is 15.3 Å². The summed E-state index contributed by atoms with van der Waals surface area (Å²) in [5, 5.41) is 27.7. The monoisotopic (exact) mass is 240 g/mol. The van der Waals surface area contributed by atoms with E-state index in [4.69, 9.17) is 5.11 Å². The first kappa shape index (κ1) is 11.8. The minimum Gasteiger partial charge on any atom is -0.508 e. The van der Waals surface area contributed by atoms with Gasteiger partial charge in [0, 0.05) is 6.07 Å². The van der Waals surface area contributed by atoms with Crippen LogP contribution in [0.4, 0.5) is 0 Å². The summed E-state index contributed by atoms with van der Waals surface area (Å²) in [5.41, 5.74) is 4.49. The normalized spacial score (nSPS) is 9.56. The molecule has 0 bridgehead atoms. The van der Waals surface area contributed by atoms with Crippen LogP contribution in [0.3, 0.4) is 0 Å². The Morgan fingerprint density at radius 2 is 1.22 bits per heavy atom. The molecule has 3 heteroatoms. The van der Waals surface area contributed by atoms with Gasteiger partial charge in [-0.1, -0.05) is 12.1 Å². The lowest BCUT2D eigenvalue weighted by atomic mass is 10.2. The van der Waals surface area contributed by atoms with Crippen molar-refractivity contribution in [2.75, 3.05) is 0 Å². The molecule has 3 nitrogen and oxygen atoms in total. The van der Waals surface area contributed by atoms with E-state index in [9.17, 15) is 10.2 Å². The van der Waals surface area contributed by atoms with E-state index in [0.717, 1.165) is 5.56 Å². The van der Waals surface area contributed by atoms with Crippen LogP contribution in [0.2, 0.25) is 0 Å². The zero-order chi connectivity index (χ0) is 13.0. The van der Waals surface area contributed by atoms with Gasteiger partial charge in [-0.2, -0.15) is 0 Å². The van der Waals surface area contributed by atoms with Crippen molar-refractivity contribution in [3.63, 3.8) is 0 Å². The zero-order valence-corrected chi connectivity index (χ0v) is 9.54. The molecular formula is C15H12O3. The Balaban J connectivity index is 2.22. The average Bonchev–Trinajstić information content (AvgIpc) is 2.30. The van der Waals surface area contributed by atoms with Gasteiger partial charge in [0.2, 0.25) is 0 Å². The Labute approximate surface area is 105 Å². The van der Waals surface area contributed by atoms with Gasteiger partial charge in [0.25, 0.3) is 0 Å². The molecule has 0 aliphatic carbocycles. The molecule has 2 aromatic rings. The molecule has 0 aliphatic rings. The smallest absolute Gasteiger partial charge is 0.119 e. The maximum atomic E-state index is 9.30. The lowest BCUT2D eigenvalue weighted by molar-refractivity contribution is 0.450. The molecule has 0 radical (unpaired) electrons. The van der Waals surface area contributed by atoms with Gasteiger partial charge in [0.05, 0.1) is 0 Å². The molecule has 0 amide bonds. The van der Waals surface area contributed by atoms with Gasteiger partial charge < -0.3 is 15.3 Å². The van der Waals surface area contributed by atoms with Crippen molar-refractivity contribution in [2.24, 2.45) is 0 Å². The summed E-state index contributed by atoms with van der Waals surface area (Å²) in [4.78, 5) is 0. The highest BCUT2D eigenvalue weighted by molar-refractivity contribution is 5.60. The second-order valence-corrected chi connectivity index (χ2v) is 3.83. The summed E-state index contributed by atoms with van der Waals surface area (Å²) in [5.74, 6) is 0.231. The summed E-state index contributed by atoms with van der Waals surface area (Å²) in [6.45, 7) is 0. The first-order valence-electron chi connectivity index (χ1n) is 5.38. The van der Waals surface area contributed by atoms with Crippen LogP contribution < -0.4 is 0 Å². The molecule has 0 saturated carbocycles. The fourth-order valence-corrected chi connectivity index (χ4v) is 1.51. The third-order valence-corrected chi connectivity index (χ3v) is 2.32. The number of hydrogen-bond donors (Lipinski definition) is 3. The SMILES string of the molecule is Oc1ccc(C=C=Cc2cc(O)cc(O)c2)cc1. The average molecular weight is 240 g/mol. The van der Waals surface area contributed by atoms with Crippen LogP contribution in [0.1, 0.15) is 11.1 Å². The fraction of sp³-hybridized carbons (Fsp3) is 0. The van der Waals surface area contributed by atoms with Crippen LogP contribution in [0.25, 0.3) is 12.2 Å². The van der Waals surface area contributed by atoms with Crippen LogP contribution in [-0.2, 0) is 0 Å². The van der Waals surface area contributed by atoms with E-state index >= 15 is 0 Å². The molecular weight excluding hydrogens is 228 g/mol. The summed E-state index contributed by atoms with van der Waals surface area (Å²) in [6, 6.07) is 11.0. The number of hydrogen-bond acceptors (Lipinski definition) is 3. The van der Waals surface area contributed by atoms with Gasteiger partial charge in [0.15, 0.2) is 0 Å². The van der Waals surface area contributed by atoms with Crippen molar-refractivity contribution in [1.82, 2.24) is 0 Å². The number of benzene rings is 2. The molecule has 0 spiro atoms. The van der Waals surface area contributed by atoms with E-state index in [2.05, 4.69) is 5.73 Å². The van der Waals surface area contributed by atoms with Crippen LogP contribution in [-0.4, -0.2) is 15.3 Å². The summed E-state index contributed by atoms with van der Waals surface area (Å²) in [7, 11) is 0. The predicted octanol–water partition coefficient (Wildman–Crippen LogP) is 3.13. The Hall–Kier alpha value is -2.64. The van der Waals surface area contributed by atoms with E-state index in [1.54, 1.807) is 36.4 Å². The maximum absolute atomic E-state index is 9.30. The van der Waals surface area contributed by atoms with E-state index in [0.29, 0.717) is 5.56 Å². The van der Waals surface area contributed by atoms with Crippen LogP contribution >= 0.6 is 0 Å². The van der Waals surface area contributed by atoms with Crippen LogP contribution in [0.5, 0.6) is 17.2 Å². The molecule has 2 aromatic carbocycles. The van der Waals surface area contributed by atoms with Gasteiger partial charge >= 0.3 is 0 Å². The summed E-state index contributed by atoms with van der Waals surface area (Å²) in [6.07, 6.45) is 3.38. The van der Waals surface area contributed by atoms with E-state index in [1.165, 1.54) is 18.2 Å². The van der Waals surface area contributed by atoms with Gasteiger partial charge in [-0.05, 0) is 47.5 Å². The molecule has 0 fully saturated rings. The molecule has 0 aromatic heterocycles. The second-order valence-electron chi connectivity index (χ2n) is 3.83. The van der Waals surface area contributed by atoms with Crippen LogP contribution in [0.15, 0.2) is 48.2 Å². The molecule has 0 unspecified atom stereocenters. The van der Waals surface area contributed by atoms with Crippen molar-refractivity contribution in [3.05, 3.63) is 59.3 Å². The highest BCUT2D eigenvalue weighted by atomic mass is 16.3. The van der Waals surface area contributed by atoms with E-state index in [1.807, 2.05) is 0 Å². The summed E-state index contributed by atoms with van der Waals surface area (Å²) >= 11 is 0. The van der Waals surface area contributed by atoms with Crippen molar-refractivity contribution in [2.45, 2.75) is 0 Å². The third-order valence-electron chi connectivity index (χ3n) is 2.32. The van der Waals surface area contributed by atoms with Gasteiger partial charge in [-0.3, -0.25) is 0 Å². The summed E-state index contributed by atoms with van der Waals surface area (Å²) < 4.78 is 0. The predicted molar refractivity (Wildman–Crippen MR) is 70.3 cm³/mol. The Morgan fingerprint density at radius 1 is 0.667 bits per heavy atom. The van der Waals surface area contributed by atoms with E-state index < -0.39 is 0 Å². The highest BCUT2D eigenvalue weighted by Gasteiger charge is 1.94. The Bertz CT molecular complexity index is 586. The highest BCUT2D eigenvalue weighted by Crippen LogP contribution is 2.21. The Morgan fingerprint density at radius 3 is 1.83 bits per heavy atom. The fourth-order valence-electron chi connectivity index (χ4n) is 1.51. The van der Waals surface area contributed by atoms with E-state index in [-0.39, 0.29) is 17.2 Å². The lowest BCUT2D eigenvalue weighted by Gasteiger charge is -1.96. The molecule has 90 valence electrons. The standard InChI is InChI=1S/C15H12O3/c16-13-6-4-11(5-7-13)2-1-3-12-8-14(17)10-15(18)9-12/h2-10,16-18H. The minimum absolute atomic E-state index is 0.00711. The molecule has 2 rings (SSSR count). The third kappa shape index (κ3) is 3.17. The molecule has 0 heterocycles. The largest absolute Gasteiger partial charge is 0.508 e. The number of phenolic OH excluding ortho intramolecular Hbond substituents is 3. The van der Waals surface area contributed by atoms with Crippen molar-refractivity contribution >= 4 is 12.2 Å².